The fraction of sp³-hybridized carbons (Fsp3) is 0.583. The molecule has 0 nitrogen and oxygen atoms in total. The Morgan fingerprint density at radius 3 is 1.21 bits per heavy atom. The average molecular weight is 628 g/mol. The van der Waals surface area contributed by atoms with Crippen molar-refractivity contribution in [2.75, 3.05) is 0 Å². The maximum atomic E-state index is 2.64. The zero-order valence-electron chi connectivity index (χ0n) is 19.5. The van der Waals surface area contributed by atoms with Crippen molar-refractivity contribution in [3.05, 3.63) is 23.3 Å². The van der Waals surface area contributed by atoms with Crippen LogP contribution in [0.3, 0.4) is 0 Å². The molecule has 28 heavy (non-hydrogen) atoms. The molecule has 0 aliphatic carbocycles. The Bertz CT molecular complexity index is 857. The molecule has 0 aliphatic heterocycles. The van der Waals surface area contributed by atoms with E-state index in [2.05, 4.69) is 92.1 Å². The van der Waals surface area contributed by atoms with Gasteiger partial charge >= 0.3 is 191 Å². The van der Waals surface area contributed by atoms with Crippen molar-refractivity contribution >= 4 is 85.4 Å². The van der Waals surface area contributed by atoms with Gasteiger partial charge in [0.05, 0.1) is 0 Å². The molecule has 2 aromatic heterocycles. The van der Waals surface area contributed by atoms with Gasteiger partial charge in [0.2, 0.25) is 0 Å². The fourth-order valence-electron chi connectivity index (χ4n) is 3.88. The van der Waals surface area contributed by atoms with Crippen LogP contribution >= 0.6 is 22.7 Å². The van der Waals surface area contributed by atoms with Gasteiger partial charge in [-0.2, -0.15) is 0 Å². The maximum absolute atomic E-state index is 2.64. The number of rotatable bonds is 6. The third-order valence-corrected chi connectivity index (χ3v) is 26.6. The first-order chi connectivity index (χ1) is 12.8. The monoisotopic (exact) mass is 630 g/mol. The molecule has 0 fully saturated rings. The summed E-state index contributed by atoms with van der Waals surface area (Å²) in [4.78, 5) is 15.4. The quantitative estimate of drug-likeness (QED) is 0.247. The minimum absolute atomic E-state index is 0.701. The van der Waals surface area contributed by atoms with E-state index in [4.69, 9.17) is 0 Å². The number of benzene rings is 1. The molecular weight excluding hydrogens is 590 g/mol. The molecule has 4 heteroatoms. The van der Waals surface area contributed by atoms with Crippen LogP contribution in [0.4, 0.5) is 0 Å². The molecule has 0 spiro atoms. The topological polar surface area (TPSA) is 0 Å². The van der Waals surface area contributed by atoms with Crippen LogP contribution in [0.2, 0.25) is 29.6 Å². The van der Waals surface area contributed by atoms with Crippen molar-refractivity contribution in [1.82, 2.24) is 0 Å². The van der Waals surface area contributed by atoms with Gasteiger partial charge in [-0.1, -0.05) is 0 Å². The Balaban J connectivity index is 2.45. The van der Waals surface area contributed by atoms with Crippen molar-refractivity contribution in [2.24, 2.45) is 11.8 Å². The zero-order chi connectivity index (χ0) is 21.0. The van der Waals surface area contributed by atoms with Crippen LogP contribution < -0.4 is 5.79 Å². The average Bonchev–Trinajstić information content (AvgIpc) is 3.13. The molecule has 3 aromatic rings. The molecule has 154 valence electrons. The second-order valence-corrected chi connectivity index (χ2v) is 44.3. The van der Waals surface area contributed by atoms with Crippen LogP contribution in [-0.2, 0) is 12.8 Å². The second kappa shape index (κ2) is 8.35. The van der Waals surface area contributed by atoms with Gasteiger partial charge in [0, 0.05) is 0 Å². The van der Waals surface area contributed by atoms with Crippen molar-refractivity contribution in [2.45, 2.75) is 70.2 Å². The van der Waals surface area contributed by atoms with Crippen LogP contribution in [0.25, 0.3) is 20.2 Å². The summed E-state index contributed by atoms with van der Waals surface area (Å²) in [5.41, 5.74) is 3.33. The van der Waals surface area contributed by atoms with Crippen LogP contribution in [-0.4, -0.2) is 36.8 Å². The molecule has 0 amide bonds. The summed E-state index contributed by atoms with van der Waals surface area (Å²) < 4.78 is 6.75. The third kappa shape index (κ3) is 4.80. The minimum atomic E-state index is -2.09. The summed E-state index contributed by atoms with van der Waals surface area (Å²) in [7, 11) is 0. The van der Waals surface area contributed by atoms with E-state index in [-0.39, 0.29) is 0 Å². The molecular formula is C24H38S2Sn2. The number of thiophene rings is 2. The SMILES string of the molecule is CC(C)Cc1c2c[c]([Sn]([CH3])([CH3])[CH3])sc2c(CC(C)C)c2c[c]([Sn]([CH3])([CH3])[CH3])sc12. The summed E-state index contributed by atoms with van der Waals surface area (Å²) in [5, 5.41) is 3.22. The van der Waals surface area contributed by atoms with Crippen LogP contribution in [0, 0.1) is 11.8 Å². The van der Waals surface area contributed by atoms with Gasteiger partial charge in [-0.25, -0.2) is 0 Å². The molecule has 2 heterocycles. The molecule has 0 radical (unpaired) electrons. The van der Waals surface area contributed by atoms with Crippen molar-refractivity contribution < 1.29 is 0 Å². The van der Waals surface area contributed by atoms with E-state index in [1.54, 1.807) is 37.1 Å². The Kier molecular flexibility index (Phi) is 6.98. The molecule has 1 aromatic carbocycles. The summed E-state index contributed by atoms with van der Waals surface area (Å²) in [6, 6.07) is 5.27. The van der Waals surface area contributed by atoms with Gasteiger partial charge < -0.3 is 0 Å². The number of hydrogen-bond acceptors (Lipinski definition) is 2. The fourth-order valence-corrected chi connectivity index (χ4v) is 16.8. The molecule has 0 N–H and O–H groups in total. The normalized spacial score (nSPS) is 13.6. The predicted molar refractivity (Wildman–Crippen MR) is 140 cm³/mol. The second-order valence-electron chi connectivity index (χ2n) is 11.4. The Morgan fingerprint density at radius 2 is 0.964 bits per heavy atom. The van der Waals surface area contributed by atoms with Crippen LogP contribution in [0.5, 0.6) is 0 Å². The molecule has 3 rings (SSSR count). The summed E-state index contributed by atoms with van der Waals surface area (Å²) in [6.45, 7) is 9.53. The van der Waals surface area contributed by atoms with E-state index in [1.807, 2.05) is 0 Å². The first-order valence-electron chi connectivity index (χ1n) is 10.8. The standard InChI is InChI=1S/C18H20S2.6CH3.2Sn/c1-11(2)9-15-13-5-7-20-18(13)16(10-12(3)4)14-6-8-19-17(14)15;;;;;;;;/h5-6,11-12H,9-10H2,1-4H3;6*1H3;;. The molecule has 0 unspecified atom stereocenters. The zero-order valence-corrected chi connectivity index (χ0v) is 26.9. The Labute approximate surface area is 188 Å². The predicted octanol–water partition coefficient (Wildman–Crippen LogP) is 7.60. The molecule has 0 saturated carbocycles. The van der Waals surface area contributed by atoms with Gasteiger partial charge in [0.1, 0.15) is 0 Å². The van der Waals surface area contributed by atoms with E-state index < -0.39 is 36.8 Å². The van der Waals surface area contributed by atoms with Gasteiger partial charge in [0.25, 0.3) is 0 Å². The van der Waals surface area contributed by atoms with Crippen LogP contribution in [0.15, 0.2) is 12.1 Å². The van der Waals surface area contributed by atoms with Crippen LogP contribution in [0.1, 0.15) is 38.8 Å². The first-order valence-corrected chi connectivity index (χ1v) is 32.4. The Hall–Kier alpha value is 0.737. The van der Waals surface area contributed by atoms with Crippen molar-refractivity contribution in [3.8, 4) is 0 Å². The first kappa shape index (κ1) is 23.4. The summed E-state index contributed by atoms with van der Waals surface area (Å²) in [6.07, 6.45) is 2.43. The number of fused-ring (bicyclic) bond motifs is 2. The van der Waals surface area contributed by atoms with E-state index in [0.717, 1.165) is 0 Å². The van der Waals surface area contributed by atoms with E-state index in [0.29, 0.717) is 11.8 Å². The van der Waals surface area contributed by atoms with Crippen molar-refractivity contribution in [1.29, 1.82) is 0 Å². The van der Waals surface area contributed by atoms with Crippen molar-refractivity contribution in [3.63, 3.8) is 0 Å². The third-order valence-electron chi connectivity index (χ3n) is 5.37. The van der Waals surface area contributed by atoms with Gasteiger partial charge in [-0.05, 0) is 0 Å². The number of hydrogen-bond donors (Lipinski definition) is 0. The van der Waals surface area contributed by atoms with Gasteiger partial charge in [-0.15, -0.1) is 0 Å². The Morgan fingerprint density at radius 1 is 0.643 bits per heavy atom. The summed E-state index contributed by atoms with van der Waals surface area (Å²) in [5.74, 6) is 1.40. The summed E-state index contributed by atoms with van der Waals surface area (Å²) >= 11 is 0.151. The van der Waals surface area contributed by atoms with Gasteiger partial charge in [0.15, 0.2) is 0 Å². The molecule has 0 atom stereocenters. The van der Waals surface area contributed by atoms with Gasteiger partial charge in [-0.3, -0.25) is 0 Å². The molecule has 0 aliphatic rings. The van der Waals surface area contributed by atoms with E-state index in [9.17, 15) is 0 Å². The molecule has 0 saturated heterocycles. The van der Waals surface area contributed by atoms with E-state index >= 15 is 0 Å². The van der Waals surface area contributed by atoms with E-state index in [1.165, 1.54) is 12.8 Å². The molecule has 0 bridgehead atoms.